The molecule has 0 fully saturated rings. The van der Waals surface area contributed by atoms with Crippen LogP contribution in [-0.2, 0) is 23.6 Å². The van der Waals surface area contributed by atoms with Crippen LogP contribution >= 0.6 is 11.6 Å². The number of nitrogens with one attached hydrogen (secondary N) is 1. The van der Waals surface area contributed by atoms with Crippen LogP contribution in [0.4, 0.5) is 11.5 Å². The average molecular weight is 345 g/mol. The van der Waals surface area contributed by atoms with E-state index in [0.29, 0.717) is 11.4 Å². The molecule has 0 atom stereocenters. The number of pyridine rings is 1. The van der Waals surface area contributed by atoms with Gasteiger partial charge in [-0.2, -0.15) is 13.5 Å². The monoisotopic (exact) mass is 344 g/mol. The van der Waals surface area contributed by atoms with Gasteiger partial charge in [0.25, 0.3) is 15.7 Å². The number of rotatable bonds is 5. The van der Waals surface area contributed by atoms with Gasteiger partial charge in [-0.15, -0.1) is 0 Å². The predicted octanol–water partition coefficient (Wildman–Crippen LogP) is 1.00. The molecule has 0 aliphatic carbocycles. The third kappa shape index (κ3) is 4.52. The van der Waals surface area contributed by atoms with E-state index < -0.39 is 10.1 Å². The minimum Gasteiger partial charge on any atom is -0.336 e. The molecule has 0 amide bonds. The highest BCUT2D eigenvalue weighted by Crippen LogP contribution is 2.14. The SMILES string of the molecule is Cn1nc(Cl)cc(Nc2ccc(CCS(=O)(=O)O)cn2)c1=O. The first-order chi connectivity index (χ1) is 10.2. The van der Waals surface area contributed by atoms with Crippen molar-refractivity contribution in [3.63, 3.8) is 0 Å². The Morgan fingerprint density at radius 2 is 2.14 bits per heavy atom. The summed E-state index contributed by atoms with van der Waals surface area (Å²) in [4.78, 5) is 15.9. The van der Waals surface area contributed by atoms with E-state index in [4.69, 9.17) is 16.2 Å². The molecule has 0 aromatic carbocycles. The fourth-order valence-electron chi connectivity index (χ4n) is 1.69. The zero-order chi connectivity index (χ0) is 16.3. The van der Waals surface area contributed by atoms with Gasteiger partial charge in [0, 0.05) is 19.3 Å². The van der Waals surface area contributed by atoms with E-state index in [2.05, 4.69) is 15.4 Å². The molecule has 0 bridgehead atoms. The molecule has 2 rings (SSSR count). The summed E-state index contributed by atoms with van der Waals surface area (Å²) in [5, 5.41) is 6.74. The number of anilines is 2. The van der Waals surface area contributed by atoms with Crippen LogP contribution < -0.4 is 10.9 Å². The number of nitrogens with zero attached hydrogens (tertiary/aromatic N) is 3. The minimum atomic E-state index is -4.01. The summed E-state index contributed by atoms with van der Waals surface area (Å²) in [7, 11) is -2.53. The molecular weight excluding hydrogens is 332 g/mol. The van der Waals surface area contributed by atoms with Gasteiger partial charge in [-0.3, -0.25) is 9.35 Å². The predicted molar refractivity (Wildman–Crippen MR) is 82.1 cm³/mol. The smallest absolute Gasteiger partial charge is 0.290 e. The third-order valence-corrected chi connectivity index (χ3v) is 3.67. The molecule has 0 aliphatic heterocycles. The van der Waals surface area contributed by atoms with Crippen LogP contribution in [0.5, 0.6) is 0 Å². The zero-order valence-electron chi connectivity index (χ0n) is 11.5. The Labute approximate surface area is 131 Å². The van der Waals surface area contributed by atoms with Gasteiger partial charge >= 0.3 is 0 Å². The van der Waals surface area contributed by atoms with Crippen molar-refractivity contribution in [2.75, 3.05) is 11.1 Å². The summed E-state index contributed by atoms with van der Waals surface area (Å²) in [6.45, 7) is 0. The highest BCUT2D eigenvalue weighted by atomic mass is 35.5. The summed E-state index contributed by atoms with van der Waals surface area (Å²) in [5.74, 6) is 0.0251. The topological polar surface area (TPSA) is 114 Å². The lowest BCUT2D eigenvalue weighted by atomic mass is 10.2. The number of halogens is 1. The van der Waals surface area contributed by atoms with Gasteiger partial charge in [-0.1, -0.05) is 17.7 Å². The fourth-order valence-corrected chi connectivity index (χ4v) is 2.41. The maximum absolute atomic E-state index is 11.9. The van der Waals surface area contributed by atoms with Crippen molar-refractivity contribution in [2.45, 2.75) is 6.42 Å². The molecule has 0 saturated heterocycles. The molecule has 10 heteroatoms. The van der Waals surface area contributed by atoms with Crippen molar-refractivity contribution in [3.05, 3.63) is 45.5 Å². The van der Waals surface area contributed by atoms with Crippen molar-refractivity contribution in [1.29, 1.82) is 0 Å². The lowest BCUT2D eigenvalue weighted by Crippen LogP contribution is -2.22. The van der Waals surface area contributed by atoms with Gasteiger partial charge in [0.05, 0.1) is 5.75 Å². The quantitative estimate of drug-likeness (QED) is 0.777. The number of hydrogen-bond acceptors (Lipinski definition) is 6. The molecule has 2 N–H and O–H groups in total. The Hall–Kier alpha value is -1.97. The third-order valence-electron chi connectivity index (χ3n) is 2.77. The molecule has 0 aliphatic rings. The average Bonchev–Trinajstić information content (AvgIpc) is 2.42. The van der Waals surface area contributed by atoms with Crippen LogP contribution in [0, 0.1) is 0 Å². The lowest BCUT2D eigenvalue weighted by Gasteiger charge is -2.07. The second kappa shape index (κ2) is 6.42. The van der Waals surface area contributed by atoms with Crippen LogP contribution in [0.1, 0.15) is 5.56 Å². The second-order valence-corrected chi connectivity index (χ2v) is 6.48. The molecule has 8 nitrogen and oxygen atoms in total. The maximum atomic E-state index is 11.9. The Bertz CT molecular complexity index is 833. The fraction of sp³-hybridized carbons (Fsp3) is 0.250. The Kier molecular flexibility index (Phi) is 4.79. The zero-order valence-corrected chi connectivity index (χ0v) is 13.1. The first kappa shape index (κ1) is 16.4. The number of hydrogen-bond donors (Lipinski definition) is 2. The molecule has 22 heavy (non-hydrogen) atoms. The van der Waals surface area contributed by atoms with Crippen molar-refractivity contribution < 1.29 is 13.0 Å². The normalized spacial score (nSPS) is 11.4. The van der Waals surface area contributed by atoms with Gasteiger partial charge in [0.15, 0.2) is 5.15 Å². The van der Waals surface area contributed by atoms with Gasteiger partial charge in [0.1, 0.15) is 11.5 Å². The van der Waals surface area contributed by atoms with Crippen LogP contribution in [0.25, 0.3) is 0 Å². The molecule has 0 saturated carbocycles. The van der Waals surface area contributed by atoms with Gasteiger partial charge in [0.2, 0.25) is 0 Å². The van der Waals surface area contributed by atoms with Crippen LogP contribution in [-0.4, -0.2) is 33.5 Å². The van der Waals surface area contributed by atoms with E-state index in [9.17, 15) is 13.2 Å². The molecule has 0 unspecified atom stereocenters. The van der Waals surface area contributed by atoms with E-state index in [1.807, 2.05) is 0 Å². The standard InChI is InChI=1S/C12H13ClN4O4S/c1-17-12(18)9(6-10(13)16-17)15-11-3-2-8(7-14-11)4-5-22(19,20)21/h2-3,6-7H,4-5H2,1H3,(H,14,15)(H,19,20,21). The highest BCUT2D eigenvalue weighted by molar-refractivity contribution is 7.85. The molecule has 118 valence electrons. The molecule has 0 spiro atoms. The summed E-state index contributed by atoms with van der Waals surface area (Å²) in [5.41, 5.74) is 0.506. The van der Waals surface area contributed by atoms with E-state index in [1.165, 1.54) is 19.3 Å². The Morgan fingerprint density at radius 1 is 1.41 bits per heavy atom. The van der Waals surface area contributed by atoms with Gasteiger partial charge in [-0.25, -0.2) is 9.67 Å². The van der Waals surface area contributed by atoms with E-state index in [1.54, 1.807) is 12.1 Å². The highest BCUT2D eigenvalue weighted by Gasteiger charge is 2.08. The molecule has 2 aromatic rings. The minimum absolute atomic E-state index is 0.148. The van der Waals surface area contributed by atoms with Crippen LogP contribution in [0.2, 0.25) is 5.15 Å². The Balaban J connectivity index is 2.14. The molecule has 2 aromatic heterocycles. The van der Waals surface area contributed by atoms with Crippen molar-refractivity contribution in [3.8, 4) is 0 Å². The van der Waals surface area contributed by atoms with Crippen LogP contribution in [0.15, 0.2) is 29.2 Å². The second-order valence-electron chi connectivity index (χ2n) is 4.52. The molecule has 2 heterocycles. The summed E-state index contributed by atoms with van der Waals surface area (Å²) in [6, 6.07) is 4.62. The van der Waals surface area contributed by atoms with Crippen molar-refractivity contribution in [2.24, 2.45) is 7.05 Å². The first-order valence-electron chi connectivity index (χ1n) is 6.15. The first-order valence-corrected chi connectivity index (χ1v) is 8.14. The largest absolute Gasteiger partial charge is 0.336 e. The van der Waals surface area contributed by atoms with E-state index in [-0.39, 0.29) is 28.6 Å². The van der Waals surface area contributed by atoms with Gasteiger partial charge in [-0.05, 0) is 18.1 Å². The lowest BCUT2D eigenvalue weighted by molar-refractivity contribution is 0.482. The van der Waals surface area contributed by atoms with Gasteiger partial charge < -0.3 is 5.32 Å². The van der Waals surface area contributed by atoms with E-state index >= 15 is 0 Å². The summed E-state index contributed by atoms with van der Waals surface area (Å²) in [6.07, 6.45) is 1.61. The van der Waals surface area contributed by atoms with E-state index in [0.717, 1.165) is 4.68 Å². The van der Waals surface area contributed by atoms with Crippen molar-refractivity contribution in [1.82, 2.24) is 14.8 Å². The summed E-state index contributed by atoms with van der Waals surface area (Å²) >= 11 is 5.79. The molecular formula is C12H13ClN4O4S. The van der Waals surface area contributed by atoms with Crippen LogP contribution in [0.3, 0.4) is 0 Å². The maximum Gasteiger partial charge on any atom is 0.290 e. The number of aromatic nitrogens is 3. The van der Waals surface area contributed by atoms with Crippen molar-refractivity contribution >= 4 is 33.2 Å². The Morgan fingerprint density at radius 3 is 2.73 bits per heavy atom. The molecule has 0 radical (unpaired) electrons. The summed E-state index contributed by atoms with van der Waals surface area (Å²) < 4.78 is 31.2. The number of aryl methyl sites for hydroxylation is 2.